The first-order chi connectivity index (χ1) is 12.2. The molecule has 118 valence electrons. The van der Waals surface area contributed by atoms with E-state index < -0.39 is 5.91 Å². The van der Waals surface area contributed by atoms with Crippen LogP contribution in [-0.2, 0) is 4.79 Å². The van der Waals surface area contributed by atoms with Gasteiger partial charge in [-0.3, -0.25) is 4.79 Å². The molecule has 0 spiro atoms. The van der Waals surface area contributed by atoms with E-state index >= 15 is 0 Å². The molecule has 3 aromatic rings. The van der Waals surface area contributed by atoms with E-state index in [1.807, 2.05) is 48.5 Å². The van der Waals surface area contributed by atoms with Crippen LogP contribution in [0.25, 0.3) is 16.8 Å². The number of carbonyl (C=O) groups is 1. The summed E-state index contributed by atoms with van der Waals surface area (Å²) in [7, 11) is 0. The fourth-order valence-corrected chi connectivity index (χ4v) is 2.49. The Kier molecular flexibility index (Phi) is 4.55. The molecule has 25 heavy (non-hydrogen) atoms. The Morgan fingerprint density at radius 1 is 0.920 bits per heavy atom. The van der Waals surface area contributed by atoms with Crippen molar-refractivity contribution >= 4 is 28.4 Å². The maximum Gasteiger partial charge on any atom is 0.266 e. The zero-order valence-electron chi connectivity index (χ0n) is 13.2. The van der Waals surface area contributed by atoms with E-state index in [9.17, 15) is 10.1 Å². The second-order valence-corrected chi connectivity index (χ2v) is 5.38. The van der Waals surface area contributed by atoms with E-state index in [-0.39, 0.29) is 5.57 Å². The van der Waals surface area contributed by atoms with Crippen LogP contribution >= 0.6 is 0 Å². The van der Waals surface area contributed by atoms with Gasteiger partial charge in [-0.1, -0.05) is 48.5 Å². The number of rotatable bonds is 3. The monoisotopic (exact) mass is 323 g/mol. The fourth-order valence-electron chi connectivity index (χ4n) is 2.49. The summed E-state index contributed by atoms with van der Waals surface area (Å²) in [6.45, 7) is 0. The second-order valence-electron chi connectivity index (χ2n) is 5.38. The number of carbonyl (C=O) groups excluding carboxylic acids is 1. The number of nitrogens with zero attached hydrogens (tertiary/aromatic N) is 2. The maximum atomic E-state index is 12.5. The first-order valence-corrected chi connectivity index (χ1v) is 7.62. The molecule has 0 aliphatic carbocycles. The van der Waals surface area contributed by atoms with Crippen LogP contribution in [0.1, 0.15) is 11.1 Å². The van der Waals surface area contributed by atoms with E-state index in [1.54, 1.807) is 30.3 Å². The maximum absolute atomic E-state index is 12.5. The van der Waals surface area contributed by atoms with E-state index in [2.05, 4.69) is 5.32 Å². The van der Waals surface area contributed by atoms with Crippen molar-refractivity contribution in [1.82, 2.24) is 0 Å². The van der Waals surface area contributed by atoms with Gasteiger partial charge in [0.25, 0.3) is 5.91 Å². The summed E-state index contributed by atoms with van der Waals surface area (Å²) < 4.78 is 0. The fraction of sp³-hybridized carbons (Fsp3) is 0. The molecule has 0 aliphatic heterocycles. The van der Waals surface area contributed by atoms with Gasteiger partial charge < -0.3 is 5.32 Å². The molecule has 0 unspecified atom stereocenters. The highest BCUT2D eigenvalue weighted by Crippen LogP contribution is 2.23. The van der Waals surface area contributed by atoms with E-state index in [0.717, 1.165) is 10.8 Å². The van der Waals surface area contributed by atoms with Gasteiger partial charge in [0.05, 0.1) is 11.6 Å². The number of fused-ring (bicyclic) bond motifs is 1. The Hall–Kier alpha value is -3.89. The molecule has 0 bridgehead atoms. The lowest BCUT2D eigenvalue weighted by Crippen LogP contribution is -2.13. The van der Waals surface area contributed by atoms with Gasteiger partial charge in [-0.15, -0.1) is 0 Å². The molecule has 4 nitrogen and oxygen atoms in total. The Balaban J connectivity index is 1.88. The first kappa shape index (κ1) is 16.0. The summed E-state index contributed by atoms with van der Waals surface area (Å²) in [5, 5.41) is 22.8. The Morgan fingerprint density at radius 2 is 1.64 bits per heavy atom. The molecule has 3 aromatic carbocycles. The number of hydrogen-bond acceptors (Lipinski definition) is 3. The quantitative estimate of drug-likeness (QED) is 0.578. The van der Waals surface area contributed by atoms with Crippen molar-refractivity contribution in [3.63, 3.8) is 0 Å². The Morgan fingerprint density at radius 3 is 2.36 bits per heavy atom. The molecule has 0 fully saturated rings. The smallest absolute Gasteiger partial charge is 0.266 e. The van der Waals surface area contributed by atoms with Crippen molar-refractivity contribution in [1.29, 1.82) is 10.5 Å². The predicted octanol–water partition coefficient (Wildman–Crippen LogP) is 4.26. The minimum atomic E-state index is -0.469. The summed E-state index contributed by atoms with van der Waals surface area (Å²) in [6, 6.07) is 24.0. The normalized spacial score (nSPS) is 10.7. The molecule has 0 saturated heterocycles. The van der Waals surface area contributed by atoms with Gasteiger partial charge in [-0.2, -0.15) is 10.5 Å². The summed E-state index contributed by atoms with van der Waals surface area (Å²) in [5.74, 6) is -0.469. The van der Waals surface area contributed by atoms with Crippen LogP contribution in [0, 0.1) is 22.7 Å². The Bertz CT molecular complexity index is 1050. The molecule has 0 saturated carbocycles. The molecular weight excluding hydrogens is 310 g/mol. The molecule has 1 amide bonds. The lowest BCUT2D eigenvalue weighted by molar-refractivity contribution is -0.112. The number of hydrogen-bond donors (Lipinski definition) is 1. The summed E-state index contributed by atoms with van der Waals surface area (Å²) in [6.07, 6.45) is 1.50. The Labute approximate surface area is 145 Å². The van der Waals surface area contributed by atoms with Crippen LogP contribution in [-0.4, -0.2) is 5.91 Å². The third kappa shape index (κ3) is 3.55. The van der Waals surface area contributed by atoms with Gasteiger partial charge in [0.15, 0.2) is 0 Å². The average molecular weight is 323 g/mol. The minimum Gasteiger partial charge on any atom is -0.321 e. The second kappa shape index (κ2) is 7.12. The highest BCUT2D eigenvalue weighted by molar-refractivity contribution is 6.12. The van der Waals surface area contributed by atoms with Crippen LogP contribution in [0.15, 0.2) is 72.3 Å². The highest BCUT2D eigenvalue weighted by atomic mass is 16.1. The first-order valence-electron chi connectivity index (χ1n) is 7.62. The number of anilines is 1. The van der Waals surface area contributed by atoms with Crippen molar-refractivity contribution in [3.05, 3.63) is 83.4 Å². The topological polar surface area (TPSA) is 76.7 Å². The molecule has 0 heterocycles. The van der Waals surface area contributed by atoms with Crippen LogP contribution in [0.4, 0.5) is 5.69 Å². The number of nitrogens with one attached hydrogen (secondary N) is 1. The van der Waals surface area contributed by atoms with Gasteiger partial charge in [0, 0.05) is 11.1 Å². The van der Waals surface area contributed by atoms with Crippen LogP contribution in [0.3, 0.4) is 0 Å². The van der Waals surface area contributed by atoms with Crippen molar-refractivity contribution in [3.8, 4) is 12.1 Å². The lowest BCUT2D eigenvalue weighted by atomic mass is 10.1. The van der Waals surface area contributed by atoms with Gasteiger partial charge >= 0.3 is 0 Å². The molecule has 4 heteroatoms. The third-order valence-electron chi connectivity index (χ3n) is 3.75. The van der Waals surface area contributed by atoms with Gasteiger partial charge in [0.2, 0.25) is 0 Å². The van der Waals surface area contributed by atoms with E-state index in [0.29, 0.717) is 16.8 Å². The summed E-state index contributed by atoms with van der Waals surface area (Å²) in [5.41, 5.74) is 1.86. The van der Waals surface area contributed by atoms with Crippen LogP contribution in [0.2, 0.25) is 0 Å². The van der Waals surface area contributed by atoms with E-state index in [4.69, 9.17) is 5.26 Å². The predicted molar refractivity (Wildman–Crippen MR) is 97.3 cm³/mol. The molecule has 0 atom stereocenters. The average Bonchev–Trinajstić information content (AvgIpc) is 2.66. The largest absolute Gasteiger partial charge is 0.321 e. The number of nitriles is 2. The van der Waals surface area contributed by atoms with E-state index in [1.165, 1.54) is 6.08 Å². The van der Waals surface area contributed by atoms with Crippen molar-refractivity contribution in [2.75, 3.05) is 5.32 Å². The molecule has 0 aromatic heterocycles. The number of benzene rings is 3. The van der Waals surface area contributed by atoms with Crippen LogP contribution < -0.4 is 5.32 Å². The molecule has 3 rings (SSSR count). The molecule has 1 N–H and O–H groups in total. The lowest BCUT2D eigenvalue weighted by Gasteiger charge is -2.08. The zero-order valence-corrected chi connectivity index (χ0v) is 13.2. The van der Waals surface area contributed by atoms with Crippen LogP contribution in [0.5, 0.6) is 0 Å². The SMILES string of the molecule is N#C/C(=C\c1ccc(C#N)cc1)C(=O)Nc1cccc2ccccc12. The third-order valence-corrected chi connectivity index (χ3v) is 3.75. The minimum absolute atomic E-state index is 0.00218. The molecule has 0 aliphatic rings. The molecular formula is C21H13N3O. The van der Waals surface area contributed by atoms with Gasteiger partial charge in [0.1, 0.15) is 11.6 Å². The van der Waals surface area contributed by atoms with Gasteiger partial charge in [-0.05, 0) is 35.2 Å². The van der Waals surface area contributed by atoms with Crippen molar-refractivity contribution in [2.24, 2.45) is 0 Å². The number of amides is 1. The zero-order chi connectivity index (χ0) is 17.6. The standard InChI is InChI=1S/C21H13N3O/c22-13-16-10-8-15(9-11-16)12-18(14-23)21(25)24-20-7-3-5-17-4-1-2-6-19(17)20/h1-12H,(H,24,25)/b18-12+. The summed E-state index contributed by atoms with van der Waals surface area (Å²) >= 11 is 0. The van der Waals surface area contributed by atoms with Gasteiger partial charge in [-0.25, -0.2) is 0 Å². The highest BCUT2D eigenvalue weighted by Gasteiger charge is 2.11. The summed E-state index contributed by atoms with van der Waals surface area (Å²) in [4.78, 5) is 12.5. The molecule has 0 radical (unpaired) electrons. The van der Waals surface area contributed by atoms with Crippen molar-refractivity contribution < 1.29 is 4.79 Å². The van der Waals surface area contributed by atoms with Crippen molar-refractivity contribution in [2.45, 2.75) is 0 Å².